The Hall–Kier alpha value is -3.14. The van der Waals surface area contributed by atoms with Gasteiger partial charge in [-0.25, -0.2) is 18.7 Å². The van der Waals surface area contributed by atoms with E-state index in [2.05, 4.69) is 25.5 Å². The van der Waals surface area contributed by atoms with Gasteiger partial charge in [0, 0.05) is 31.5 Å². The van der Waals surface area contributed by atoms with Crippen molar-refractivity contribution in [2.75, 3.05) is 23.3 Å². The first-order valence-electron chi connectivity index (χ1n) is 9.37. The molecule has 1 atom stereocenters. The van der Waals surface area contributed by atoms with Crippen molar-refractivity contribution in [2.24, 2.45) is 0 Å². The number of aliphatic hydroxyl groups excluding tert-OH is 1. The molecular weight excluding hydrogens is 382 g/mol. The third kappa shape index (κ3) is 3.51. The van der Waals surface area contributed by atoms with E-state index in [9.17, 15) is 13.9 Å². The van der Waals surface area contributed by atoms with Crippen molar-refractivity contribution in [2.45, 2.75) is 31.4 Å². The lowest BCUT2D eigenvalue weighted by molar-refractivity contribution is 0.198. The van der Waals surface area contributed by atoms with E-state index in [1.165, 1.54) is 12.1 Å². The molecule has 10 heteroatoms. The first-order chi connectivity index (χ1) is 14.0. The van der Waals surface area contributed by atoms with E-state index in [4.69, 9.17) is 4.42 Å². The van der Waals surface area contributed by atoms with Crippen LogP contribution >= 0.6 is 0 Å². The largest absolute Gasteiger partial charge is 0.403 e. The second-order valence-corrected chi connectivity index (χ2v) is 7.36. The zero-order valence-corrected chi connectivity index (χ0v) is 15.3. The number of aliphatic hydroxyl groups is 1. The van der Waals surface area contributed by atoms with Gasteiger partial charge in [0.15, 0.2) is 11.6 Å². The van der Waals surface area contributed by atoms with Gasteiger partial charge < -0.3 is 19.7 Å². The second-order valence-electron chi connectivity index (χ2n) is 7.36. The highest BCUT2D eigenvalue weighted by Gasteiger charge is 2.26. The summed E-state index contributed by atoms with van der Waals surface area (Å²) in [6, 6.07) is 2.83. The predicted molar refractivity (Wildman–Crippen MR) is 99.3 cm³/mol. The van der Waals surface area contributed by atoms with E-state index in [1.54, 1.807) is 12.4 Å². The molecule has 1 aromatic carbocycles. The summed E-state index contributed by atoms with van der Waals surface area (Å²) in [7, 11) is 0. The van der Waals surface area contributed by atoms with Gasteiger partial charge in [0.05, 0.1) is 11.7 Å². The van der Waals surface area contributed by atoms with Crippen LogP contribution in [0.2, 0.25) is 0 Å². The number of benzene rings is 1. The molecule has 3 aromatic rings. The molecule has 0 saturated carbocycles. The summed E-state index contributed by atoms with van der Waals surface area (Å²) < 4.78 is 32.5. The Balaban J connectivity index is 1.25. The molecule has 5 rings (SSSR count). The number of hydrogen-bond acceptors (Lipinski definition) is 8. The highest BCUT2D eigenvalue weighted by atomic mass is 19.2. The van der Waals surface area contributed by atoms with E-state index in [-0.39, 0.29) is 12.1 Å². The lowest BCUT2D eigenvalue weighted by Crippen LogP contribution is -2.21. The molecule has 1 fully saturated rings. The Morgan fingerprint density at radius 2 is 1.76 bits per heavy atom. The Morgan fingerprint density at radius 3 is 2.38 bits per heavy atom. The molecule has 150 valence electrons. The fourth-order valence-corrected chi connectivity index (χ4v) is 3.79. The van der Waals surface area contributed by atoms with Crippen molar-refractivity contribution < 1.29 is 18.3 Å². The summed E-state index contributed by atoms with van der Waals surface area (Å²) in [6.45, 7) is 1.14. The van der Waals surface area contributed by atoms with Crippen molar-refractivity contribution in [3.8, 4) is 11.5 Å². The Morgan fingerprint density at radius 1 is 1.07 bits per heavy atom. The third-order valence-corrected chi connectivity index (χ3v) is 5.26. The lowest BCUT2D eigenvalue weighted by atomic mass is 10.1. The molecule has 0 amide bonds. The Kier molecular flexibility index (Phi) is 4.35. The summed E-state index contributed by atoms with van der Waals surface area (Å²) in [5.74, 6) is -0.943. The van der Waals surface area contributed by atoms with E-state index in [0.717, 1.165) is 11.1 Å². The molecule has 2 N–H and O–H groups in total. The first kappa shape index (κ1) is 17.9. The number of nitrogens with zero attached hydrogens (tertiary/aromatic N) is 5. The number of fused-ring (bicyclic) bond motifs is 1. The van der Waals surface area contributed by atoms with Crippen LogP contribution in [0.1, 0.15) is 17.5 Å². The van der Waals surface area contributed by atoms with E-state index in [1.807, 2.05) is 4.90 Å². The summed E-state index contributed by atoms with van der Waals surface area (Å²) in [4.78, 5) is 10.4. The average molecular weight is 400 g/mol. The van der Waals surface area contributed by atoms with E-state index >= 15 is 0 Å². The van der Waals surface area contributed by atoms with Gasteiger partial charge in [-0.05, 0) is 42.5 Å². The Bertz CT molecular complexity index is 1010. The molecule has 0 spiro atoms. The molecule has 29 heavy (non-hydrogen) atoms. The van der Waals surface area contributed by atoms with Crippen LogP contribution in [0, 0.1) is 11.6 Å². The summed E-state index contributed by atoms with van der Waals surface area (Å²) in [5.41, 5.74) is 2.17. The SMILES string of the molecule is OC1CCN(c2nnc(-c3cnc(NC4Cc5cc(F)c(F)cc5C4)nc3)o2)C1. The fourth-order valence-electron chi connectivity index (χ4n) is 3.79. The van der Waals surface area contributed by atoms with Crippen molar-refractivity contribution >= 4 is 12.0 Å². The van der Waals surface area contributed by atoms with Crippen molar-refractivity contribution in [3.05, 3.63) is 47.3 Å². The van der Waals surface area contributed by atoms with Crippen LogP contribution in [0.5, 0.6) is 0 Å². The maximum Gasteiger partial charge on any atom is 0.318 e. The Labute approximate surface area is 164 Å². The molecule has 0 radical (unpaired) electrons. The van der Waals surface area contributed by atoms with Gasteiger partial charge in [-0.1, -0.05) is 5.10 Å². The highest BCUT2D eigenvalue weighted by Crippen LogP contribution is 2.27. The third-order valence-electron chi connectivity index (χ3n) is 5.26. The summed E-state index contributed by atoms with van der Waals surface area (Å²) in [5, 5.41) is 20.9. The topological polar surface area (TPSA) is 100 Å². The predicted octanol–water partition coefficient (Wildman–Crippen LogP) is 1.96. The van der Waals surface area contributed by atoms with Crippen LogP contribution in [-0.2, 0) is 12.8 Å². The number of halogens is 2. The molecular formula is C19H18F2N6O2. The number of hydrogen-bond donors (Lipinski definition) is 2. The molecule has 0 bridgehead atoms. The van der Waals surface area contributed by atoms with Crippen molar-refractivity contribution in [1.82, 2.24) is 20.2 Å². The number of aromatic nitrogens is 4. The van der Waals surface area contributed by atoms with Gasteiger partial charge in [0.1, 0.15) is 0 Å². The van der Waals surface area contributed by atoms with Crippen LogP contribution in [0.15, 0.2) is 28.9 Å². The molecule has 2 aromatic heterocycles. The highest BCUT2D eigenvalue weighted by molar-refractivity contribution is 5.52. The zero-order valence-electron chi connectivity index (χ0n) is 15.3. The van der Waals surface area contributed by atoms with Crippen molar-refractivity contribution in [3.63, 3.8) is 0 Å². The molecule has 2 aliphatic rings. The first-order valence-corrected chi connectivity index (χ1v) is 9.37. The van der Waals surface area contributed by atoms with Gasteiger partial charge in [-0.2, -0.15) is 0 Å². The molecule has 3 heterocycles. The fraction of sp³-hybridized carbons (Fsp3) is 0.368. The quantitative estimate of drug-likeness (QED) is 0.686. The van der Waals surface area contributed by atoms with Gasteiger partial charge in [0.25, 0.3) is 5.89 Å². The molecule has 1 unspecified atom stereocenters. The number of nitrogens with one attached hydrogen (secondary N) is 1. The van der Waals surface area contributed by atoms with Crippen LogP contribution < -0.4 is 10.2 Å². The monoisotopic (exact) mass is 400 g/mol. The normalized spacial score (nSPS) is 19.0. The second kappa shape index (κ2) is 7.03. The zero-order chi connectivity index (χ0) is 20.0. The lowest BCUT2D eigenvalue weighted by Gasteiger charge is -2.11. The van der Waals surface area contributed by atoms with Crippen LogP contribution in [0.25, 0.3) is 11.5 Å². The number of rotatable bonds is 4. The molecule has 1 saturated heterocycles. The maximum absolute atomic E-state index is 13.4. The van der Waals surface area contributed by atoms with E-state index < -0.39 is 11.6 Å². The van der Waals surface area contributed by atoms with Gasteiger partial charge in [-0.3, -0.25) is 0 Å². The van der Waals surface area contributed by atoms with Crippen LogP contribution in [-0.4, -0.2) is 50.5 Å². The van der Waals surface area contributed by atoms with E-state index in [0.29, 0.717) is 55.8 Å². The van der Waals surface area contributed by atoms with Crippen LogP contribution in [0.3, 0.4) is 0 Å². The molecule has 1 aliphatic carbocycles. The standard InChI is InChI=1S/C19H18F2N6O2/c20-15-5-10-3-13(4-11(10)6-16(15)21)24-18-22-7-12(8-23-18)17-25-26-19(29-17)27-2-1-14(28)9-27/h5-8,13-14,28H,1-4,9H2,(H,22,23,24). The van der Waals surface area contributed by atoms with Gasteiger partial charge in [0.2, 0.25) is 5.95 Å². The molecule has 1 aliphatic heterocycles. The maximum atomic E-state index is 13.4. The number of anilines is 2. The minimum absolute atomic E-state index is 0.0337. The average Bonchev–Trinajstić information content (AvgIpc) is 3.42. The summed E-state index contributed by atoms with van der Waals surface area (Å²) in [6.07, 6.45) is 4.60. The number of β-amino-alcohol motifs (C(OH)–C–C–N with tert-alkyl or cyclic N) is 1. The summed E-state index contributed by atoms with van der Waals surface area (Å²) >= 11 is 0. The van der Waals surface area contributed by atoms with Gasteiger partial charge >= 0.3 is 6.01 Å². The van der Waals surface area contributed by atoms with Crippen LogP contribution in [0.4, 0.5) is 20.7 Å². The molecule has 8 nitrogen and oxygen atoms in total. The van der Waals surface area contributed by atoms with Crippen molar-refractivity contribution in [1.29, 1.82) is 0 Å². The minimum Gasteiger partial charge on any atom is -0.403 e. The van der Waals surface area contributed by atoms with Gasteiger partial charge in [-0.15, -0.1) is 5.10 Å². The minimum atomic E-state index is -0.827. The smallest absolute Gasteiger partial charge is 0.318 e.